The number of hydrogen-bond donors (Lipinski definition) is 0. The maximum atomic E-state index is 12.6. The molecule has 0 aliphatic carbocycles. The maximum absolute atomic E-state index is 12.6. The van der Waals surface area contributed by atoms with Gasteiger partial charge in [0.2, 0.25) is 5.91 Å². The highest BCUT2D eigenvalue weighted by Crippen LogP contribution is 2.27. The molecule has 3 aliphatic rings. The molecule has 29 heavy (non-hydrogen) atoms. The van der Waals surface area contributed by atoms with Crippen molar-refractivity contribution in [2.24, 2.45) is 0 Å². The van der Waals surface area contributed by atoms with Crippen LogP contribution in [0.3, 0.4) is 0 Å². The Kier molecular flexibility index (Phi) is 7.06. The third-order valence-corrected chi connectivity index (χ3v) is 6.54. The van der Waals surface area contributed by atoms with Crippen LogP contribution in [0.2, 0.25) is 0 Å². The van der Waals surface area contributed by atoms with E-state index in [4.69, 9.17) is 9.47 Å². The van der Waals surface area contributed by atoms with Gasteiger partial charge in [-0.3, -0.25) is 14.6 Å². The standard InChI is InChI=1S/C23H35N3O3/c1-19-23(27)26-10-5-7-21(26)18-25(19)17-20-6-4-8-22(16-20)29-13-3-2-9-24-11-14-28-15-12-24/h4,6,8,16,19,21H,2-3,5,7,9-15,17-18H2,1H3/t19-,21+/m1/s1. The van der Waals surface area contributed by atoms with E-state index in [9.17, 15) is 4.79 Å². The molecular weight excluding hydrogens is 366 g/mol. The molecule has 0 aromatic heterocycles. The zero-order chi connectivity index (χ0) is 20.1. The summed E-state index contributed by atoms with van der Waals surface area (Å²) in [6.45, 7) is 10.5. The molecule has 0 spiro atoms. The first kappa shape index (κ1) is 20.6. The molecule has 1 aromatic carbocycles. The fraction of sp³-hybridized carbons (Fsp3) is 0.696. The summed E-state index contributed by atoms with van der Waals surface area (Å²) in [5, 5.41) is 0. The lowest BCUT2D eigenvalue weighted by Gasteiger charge is -2.41. The molecular formula is C23H35N3O3. The molecule has 3 heterocycles. The fourth-order valence-corrected chi connectivity index (χ4v) is 4.76. The Morgan fingerprint density at radius 3 is 2.90 bits per heavy atom. The lowest BCUT2D eigenvalue weighted by Crippen LogP contribution is -2.58. The predicted molar refractivity (Wildman–Crippen MR) is 113 cm³/mol. The molecule has 6 nitrogen and oxygen atoms in total. The molecule has 3 aliphatic heterocycles. The Morgan fingerprint density at radius 2 is 2.03 bits per heavy atom. The van der Waals surface area contributed by atoms with E-state index >= 15 is 0 Å². The topological polar surface area (TPSA) is 45.2 Å². The van der Waals surface area contributed by atoms with Gasteiger partial charge >= 0.3 is 0 Å². The summed E-state index contributed by atoms with van der Waals surface area (Å²) >= 11 is 0. The molecule has 1 amide bonds. The van der Waals surface area contributed by atoms with E-state index in [1.165, 1.54) is 5.56 Å². The van der Waals surface area contributed by atoms with E-state index in [1.807, 2.05) is 13.0 Å². The van der Waals surface area contributed by atoms with E-state index in [-0.39, 0.29) is 6.04 Å². The number of morpholine rings is 1. The molecule has 3 saturated heterocycles. The van der Waals surface area contributed by atoms with Crippen LogP contribution in [0.25, 0.3) is 0 Å². The number of hydrogen-bond acceptors (Lipinski definition) is 5. The van der Waals surface area contributed by atoms with Crippen molar-refractivity contribution in [3.63, 3.8) is 0 Å². The molecule has 0 unspecified atom stereocenters. The highest BCUT2D eigenvalue weighted by molar-refractivity contribution is 5.83. The minimum atomic E-state index is -0.0332. The molecule has 3 fully saturated rings. The Balaban J connectivity index is 1.22. The van der Waals surface area contributed by atoms with Crippen LogP contribution < -0.4 is 4.74 Å². The van der Waals surface area contributed by atoms with Gasteiger partial charge in [0.1, 0.15) is 5.75 Å². The number of benzene rings is 1. The quantitative estimate of drug-likeness (QED) is 0.626. The molecule has 1 aromatic rings. The zero-order valence-corrected chi connectivity index (χ0v) is 17.7. The average molecular weight is 402 g/mol. The van der Waals surface area contributed by atoms with Gasteiger partial charge in [-0.2, -0.15) is 0 Å². The van der Waals surface area contributed by atoms with Gasteiger partial charge in [0, 0.05) is 38.8 Å². The van der Waals surface area contributed by atoms with Gasteiger partial charge in [0.25, 0.3) is 0 Å². The second kappa shape index (κ2) is 9.92. The number of carbonyl (C=O) groups excluding carboxylic acids is 1. The van der Waals surface area contributed by atoms with Crippen LogP contribution in [0.4, 0.5) is 0 Å². The van der Waals surface area contributed by atoms with E-state index in [0.29, 0.717) is 11.9 Å². The first-order chi connectivity index (χ1) is 14.2. The molecule has 0 radical (unpaired) electrons. The Hall–Kier alpha value is -1.63. The van der Waals surface area contributed by atoms with E-state index < -0.39 is 0 Å². The Bertz CT molecular complexity index is 677. The third-order valence-electron chi connectivity index (χ3n) is 6.54. The van der Waals surface area contributed by atoms with Crippen molar-refractivity contribution in [2.75, 3.05) is 52.5 Å². The highest BCUT2D eigenvalue weighted by atomic mass is 16.5. The van der Waals surface area contributed by atoms with Crippen molar-refractivity contribution in [1.29, 1.82) is 0 Å². The van der Waals surface area contributed by atoms with Crippen molar-refractivity contribution < 1.29 is 14.3 Å². The van der Waals surface area contributed by atoms with Gasteiger partial charge in [0.15, 0.2) is 0 Å². The van der Waals surface area contributed by atoms with E-state index in [0.717, 1.165) is 90.5 Å². The lowest BCUT2D eigenvalue weighted by atomic mass is 10.1. The number of ether oxygens (including phenoxy) is 2. The minimum absolute atomic E-state index is 0.0332. The van der Waals surface area contributed by atoms with Crippen LogP contribution in [-0.4, -0.2) is 85.2 Å². The van der Waals surface area contributed by atoms with Gasteiger partial charge in [-0.1, -0.05) is 12.1 Å². The van der Waals surface area contributed by atoms with Crippen molar-refractivity contribution >= 4 is 5.91 Å². The highest BCUT2D eigenvalue weighted by Gasteiger charge is 2.39. The minimum Gasteiger partial charge on any atom is -0.494 e. The summed E-state index contributed by atoms with van der Waals surface area (Å²) in [5.41, 5.74) is 1.22. The van der Waals surface area contributed by atoms with Gasteiger partial charge in [-0.05, 0) is 56.8 Å². The number of piperazine rings is 1. The molecule has 0 N–H and O–H groups in total. The van der Waals surface area contributed by atoms with Crippen LogP contribution in [0.5, 0.6) is 5.75 Å². The predicted octanol–water partition coefficient (Wildman–Crippen LogP) is 2.37. The number of unbranched alkanes of at least 4 members (excludes halogenated alkanes) is 1. The van der Waals surface area contributed by atoms with Crippen molar-refractivity contribution in [1.82, 2.24) is 14.7 Å². The fourth-order valence-electron chi connectivity index (χ4n) is 4.76. The summed E-state index contributed by atoms with van der Waals surface area (Å²) < 4.78 is 11.4. The first-order valence-corrected chi connectivity index (χ1v) is 11.3. The van der Waals surface area contributed by atoms with E-state index in [2.05, 4.69) is 32.9 Å². The SMILES string of the molecule is C[C@@H]1C(=O)N2CCC[C@H]2CN1Cc1cccc(OCCCCN2CCOCC2)c1. The second-order valence-corrected chi connectivity index (χ2v) is 8.59. The first-order valence-electron chi connectivity index (χ1n) is 11.3. The monoisotopic (exact) mass is 401 g/mol. The van der Waals surface area contributed by atoms with Gasteiger partial charge in [0.05, 0.1) is 25.9 Å². The average Bonchev–Trinajstić information content (AvgIpc) is 3.21. The summed E-state index contributed by atoms with van der Waals surface area (Å²) in [5.74, 6) is 1.23. The number of amides is 1. The molecule has 0 bridgehead atoms. The van der Waals surface area contributed by atoms with Crippen LogP contribution in [-0.2, 0) is 16.1 Å². The van der Waals surface area contributed by atoms with Gasteiger partial charge in [-0.25, -0.2) is 0 Å². The molecule has 4 rings (SSSR count). The van der Waals surface area contributed by atoms with Crippen LogP contribution >= 0.6 is 0 Å². The smallest absolute Gasteiger partial charge is 0.239 e. The van der Waals surface area contributed by atoms with Crippen molar-refractivity contribution in [3.8, 4) is 5.75 Å². The number of fused-ring (bicyclic) bond motifs is 1. The van der Waals surface area contributed by atoms with Gasteiger partial charge in [-0.15, -0.1) is 0 Å². The summed E-state index contributed by atoms with van der Waals surface area (Å²) in [7, 11) is 0. The van der Waals surface area contributed by atoms with Gasteiger partial charge < -0.3 is 14.4 Å². The number of rotatable bonds is 8. The third kappa shape index (κ3) is 5.30. The molecule has 2 atom stereocenters. The molecule has 160 valence electrons. The van der Waals surface area contributed by atoms with Crippen LogP contribution in [0.15, 0.2) is 24.3 Å². The van der Waals surface area contributed by atoms with Crippen molar-refractivity contribution in [3.05, 3.63) is 29.8 Å². The van der Waals surface area contributed by atoms with Crippen LogP contribution in [0, 0.1) is 0 Å². The normalized spacial score (nSPS) is 26.0. The van der Waals surface area contributed by atoms with E-state index in [1.54, 1.807) is 0 Å². The molecule has 6 heteroatoms. The number of nitrogens with zero attached hydrogens (tertiary/aromatic N) is 3. The summed E-state index contributed by atoms with van der Waals surface area (Å²) in [6, 6.07) is 8.76. The Morgan fingerprint density at radius 1 is 1.17 bits per heavy atom. The number of carbonyl (C=O) groups is 1. The zero-order valence-electron chi connectivity index (χ0n) is 17.7. The molecule has 0 saturated carbocycles. The lowest BCUT2D eigenvalue weighted by molar-refractivity contribution is -0.143. The maximum Gasteiger partial charge on any atom is 0.239 e. The summed E-state index contributed by atoms with van der Waals surface area (Å²) in [6.07, 6.45) is 4.51. The van der Waals surface area contributed by atoms with Crippen molar-refractivity contribution in [2.45, 2.75) is 51.2 Å². The van der Waals surface area contributed by atoms with Crippen LogP contribution in [0.1, 0.15) is 38.2 Å². The Labute approximate surface area is 174 Å². The largest absolute Gasteiger partial charge is 0.494 e. The second-order valence-electron chi connectivity index (χ2n) is 8.59. The summed E-state index contributed by atoms with van der Waals surface area (Å²) in [4.78, 5) is 19.5.